The molecule has 25 heavy (non-hydrogen) atoms. The number of primary sulfonamides is 1. The van der Waals surface area contributed by atoms with Crippen LogP contribution in [0.5, 0.6) is 0 Å². The number of hydrogen-bond donors (Lipinski definition) is 2. The minimum atomic E-state index is -3.67. The smallest absolute Gasteiger partial charge is 0.238 e. The van der Waals surface area contributed by atoms with Gasteiger partial charge in [0.15, 0.2) is 0 Å². The lowest BCUT2D eigenvalue weighted by Crippen LogP contribution is -2.27. The molecule has 0 aliphatic rings. The maximum absolute atomic E-state index is 11.7. The summed E-state index contributed by atoms with van der Waals surface area (Å²) in [4.78, 5) is 11.8. The van der Waals surface area contributed by atoms with Crippen LogP contribution in [0, 0.1) is 0 Å². The number of ether oxygens (including phenoxy) is 2. The molecule has 0 bridgehead atoms. The second-order valence-corrected chi connectivity index (χ2v) is 8.17. The van der Waals surface area contributed by atoms with E-state index in [4.69, 9.17) is 14.6 Å². The van der Waals surface area contributed by atoms with Crippen molar-refractivity contribution in [3.63, 3.8) is 0 Å². The normalized spacial score (nSPS) is 12.2. The summed E-state index contributed by atoms with van der Waals surface area (Å²) in [5.41, 5.74) is 0.732. The van der Waals surface area contributed by atoms with Gasteiger partial charge in [-0.3, -0.25) is 4.79 Å². The molecule has 1 rings (SSSR count). The van der Waals surface area contributed by atoms with Crippen LogP contribution in [0.2, 0.25) is 0 Å². The third-order valence-electron chi connectivity index (χ3n) is 3.22. The second kappa shape index (κ2) is 9.86. The van der Waals surface area contributed by atoms with Crippen molar-refractivity contribution in [2.75, 3.05) is 26.4 Å². The van der Waals surface area contributed by atoms with Crippen molar-refractivity contribution in [2.45, 2.75) is 44.1 Å². The fourth-order valence-corrected chi connectivity index (χ4v) is 2.47. The van der Waals surface area contributed by atoms with Crippen LogP contribution < -0.4 is 10.5 Å². The van der Waals surface area contributed by atoms with Gasteiger partial charge >= 0.3 is 0 Å². The topological polar surface area (TPSA) is 108 Å². The molecule has 0 atom stereocenters. The van der Waals surface area contributed by atoms with Gasteiger partial charge in [0, 0.05) is 13.0 Å². The lowest BCUT2D eigenvalue weighted by Gasteiger charge is -2.19. The molecular formula is C17H28N2O5S. The van der Waals surface area contributed by atoms with Crippen LogP contribution in [-0.2, 0) is 30.7 Å². The first kappa shape index (κ1) is 21.6. The van der Waals surface area contributed by atoms with Gasteiger partial charge in [-0.25, -0.2) is 13.6 Å². The highest BCUT2D eigenvalue weighted by Gasteiger charge is 2.09. The van der Waals surface area contributed by atoms with Crippen molar-refractivity contribution < 1.29 is 22.7 Å². The van der Waals surface area contributed by atoms with Gasteiger partial charge in [0.05, 0.1) is 30.3 Å². The van der Waals surface area contributed by atoms with Gasteiger partial charge in [-0.1, -0.05) is 12.1 Å². The Balaban J connectivity index is 2.14. The molecule has 142 valence electrons. The Morgan fingerprint density at radius 1 is 1.12 bits per heavy atom. The van der Waals surface area contributed by atoms with Gasteiger partial charge in [0.2, 0.25) is 15.9 Å². The number of amides is 1. The van der Waals surface area contributed by atoms with Gasteiger partial charge in [-0.15, -0.1) is 0 Å². The van der Waals surface area contributed by atoms with E-state index in [2.05, 4.69) is 5.32 Å². The SMILES string of the molecule is CC(C)(C)OCCOCCC(=O)NCCc1ccc(S(N)(=O)=O)cc1. The van der Waals surface area contributed by atoms with E-state index in [9.17, 15) is 13.2 Å². The Labute approximate surface area is 149 Å². The molecule has 0 saturated heterocycles. The van der Waals surface area contributed by atoms with Gasteiger partial charge in [-0.2, -0.15) is 0 Å². The number of hydrogen-bond acceptors (Lipinski definition) is 5. The van der Waals surface area contributed by atoms with Gasteiger partial charge in [-0.05, 0) is 44.9 Å². The minimum absolute atomic E-state index is 0.0767. The van der Waals surface area contributed by atoms with E-state index in [1.807, 2.05) is 20.8 Å². The van der Waals surface area contributed by atoms with E-state index in [1.54, 1.807) is 12.1 Å². The predicted octanol–water partition coefficient (Wildman–Crippen LogP) is 1.21. The van der Waals surface area contributed by atoms with Crippen molar-refractivity contribution >= 4 is 15.9 Å². The number of carbonyl (C=O) groups is 1. The Morgan fingerprint density at radius 2 is 1.76 bits per heavy atom. The fraction of sp³-hybridized carbons (Fsp3) is 0.588. The third kappa shape index (κ3) is 10.2. The molecule has 7 nitrogen and oxygen atoms in total. The number of rotatable bonds is 10. The maximum atomic E-state index is 11.7. The maximum Gasteiger partial charge on any atom is 0.238 e. The molecule has 0 radical (unpaired) electrons. The number of sulfonamides is 1. The highest BCUT2D eigenvalue weighted by atomic mass is 32.2. The summed E-state index contributed by atoms with van der Waals surface area (Å²) in [5, 5.41) is 7.84. The van der Waals surface area contributed by atoms with E-state index >= 15 is 0 Å². The Bertz CT molecular complexity index is 636. The largest absolute Gasteiger partial charge is 0.379 e. The average Bonchev–Trinajstić information content (AvgIpc) is 2.49. The zero-order valence-corrected chi connectivity index (χ0v) is 15.9. The predicted molar refractivity (Wildman–Crippen MR) is 95.7 cm³/mol. The molecule has 1 aromatic carbocycles. The van der Waals surface area contributed by atoms with Crippen LogP contribution in [0.3, 0.4) is 0 Å². The molecular weight excluding hydrogens is 344 g/mol. The Kier molecular flexibility index (Phi) is 8.51. The number of nitrogens with one attached hydrogen (secondary N) is 1. The first-order valence-electron chi connectivity index (χ1n) is 8.18. The molecule has 0 spiro atoms. The van der Waals surface area contributed by atoms with Gasteiger partial charge in [0.1, 0.15) is 0 Å². The summed E-state index contributed by atoms with van der Waals surface area (Å²) in [5.74, 6) is -0.0853. The van der Waals surface area contributed by atoms with Crippen LogP contribution in [0.4, 0.5) is 0 Å². The molecule has 0 unspecified atom stereocenters. The molecule has 1 amide bonds. The first-order chi connectivity index (χ1) is 11.6. The van der Waals surface area contributed by atoms with E-state index in [0.29, 0.717) is 39.2 Å². The van der Waals surface area contributed by atoms with Crippen molar-refractivity contribution in [2.24, 2.45) is 5.14 Å². The molecule has 0 aromatic heterocycles. The molecule has 0 saturated carbocycles. The molecule has 3 N–H and O–H groups in total. The van der Waals surface area contributed by atoms with E-state index in [-0.39, 0.29) is 16.4 Å². The Hall–Kier alpha value is -1.48. The van der Waals surface area contributed by atoms with Crippen LogP contribution in [-0.4, -0.2) is 46.3 Å². The van der Waals surface area contributed by atoms with Gasteiger partial charge in [0.25, 0.3) is 0 Å². The minimum Gasteiger partial charge on any atom is -0.379 e. The summed E-state index contributed by atoms with van der Waals surface area (Å²) in [6, 6.07) is 6.29. The van der Waals surface area contributed by atoms with Gasteiger partial charge < -0.3 is 14.8 Å². The summed E-state index contributed by atoms with van der Waals surface area (Å²) in [7, 11) is -3.67. The van der Waals surface area contributed by atoms with Crippen molar-refractivity contribution in [1.82, 2.24) is 5.32 Å². The summed E-state index contributed by atoms with van der Waals surface area (Å²) >= 11 is 0. The molecule has 0 aliphatic heterocycles. The zero-order chi connectivity index (χ0) is 18.9. The van der Waals surface area contributed by atoms with Crippen molar-refractivity contribution in [3.8, 4) is 0 Å². The molecule has 0 heterocycles. The van der Waals surface area contributed by atoms with Crippen molar-refractivity contribution in [3.05, 3.63) is 29.8 Å². The fourth-order valence-electron chi connectivity index (χ4n) is 1.95. The van der Waals surface area contributed by atoms with Crippen LogP contribution in [0.1, 0.15) is 32.8 Å². The van der Waals surface area contributed by atoms with E-state index < -0.39 is 10.0 Å². The van der Waals surface area contributed by atoms with Crippen LogP contribution in [0.15, 0.2) is 29.2 Å². The average molecular weight is 372 g/mol. The number of carbonyl (C=O) groups excluding carboxylic acids is 1. The molecule has 8 heteroatoms. The molecule has 0 aliphatic carbocycles. The highest BCUT2D eigenvalue weighted by molar-refractivity contribution is 7.89. The number of nitrogens with two attached hydrogens (primary N) is 1. The second-order valence-electron chi connectivity index (χ2n) is 6.61. The Morgan fingerprint density at radius 3 is 2.32 bits per heavy atom. The lowest BCUT2D eigenvalue weighted by atomic mass is 10.1. The number of benzene rings is 1. The quantitative estimate of drug-likeness (QED) is 0.600. The highest BCUT2D eigenvalue weighted by Crippen LogP contribution is 2.09. The standard InChI is InChI=1S/C17H28N2O5S/c1-17(2,3)24-13-12-23-11-9-16(20)19-10-8-14-4-6-15(7-5-14)25(18,21)22/h4-7H,8-13H2,1-3H3,(H,19,20)(H2,18,21,22). The first-order valence-corrected chi connectivity index (χ1v) is 9.73. The third-order valence-corrected chi connectivity index (χ3v) is 4.15. The van der Waals surface area contributed by atoms with E-state index in [1.165, 1.54) is 12.1 Å². The zero-order valence-electron chi connectivity index (χ0n) is 15.1. The summed E-state index contributed by atoms with van der Waals surface area (Å²) in [6.45, 7) is 7.71. The van der Waals surface area contributed by atoms with Crippen LogP contribution >= 0.6 is 0 Å². The molecule has 0 fully saturated rings. The van der Waals surface area contributed by atoms with Crippen molar-refractivity contribution in [1.29, 1.82) is 0 Å². The monoisotopic (exact) mass is 372 g/mol. The van der Waals surface area contributed by atoms with Crippen LogP contribution in [0.25, 0.3) is 0 Å². The van der Waals surface area contributed by atoms with E-state index in [0.717, 1.165) is 5.56 Å². The summed E-state index contributed by atoms with van der Waals surface area (Å²) in [6.07, 6.45) is 0.900. The summed E-state index contributed by atoms with van der Waals surface area (Å²) < 4.78 is 33.2. The lowest BCUT2D eigenvalue weighted by molar-refractivity contribution is -0.122. The molecule has 1 aromatic rings.